The Morgan fingerprint density at radius 2 is 1.71 bits per heavy atom. The highest BCUT2D eigenvalue weighted by Crippen LogP contribution is 2.41. The summed E-state index contributed by atoms with van der Waals surface area (Å²) in [5.41, 5.74) is 1.23. The van der Waals surface area contributed by atoms with Crippen LogP contribution in [0.1, 0.15) is 87.0 Å². The van der Waals surface area contributed by atoms with Crippen LogP contribution in [0.5, 0.6) is 0 Å². The molecular formula is C41H73NO8Si. The van der Waals surface area contributed by atoms with Crippen molar-refractivity contribution in [2.24, 2.45) is 17.8 Å². The van der Waals surface area contributed by atoms with Gasteiger partial charge < -0.3 is 28.1 Å². The van der Waals surface area contributed by atoms with E-state index in [0.717, 1.165) is 25.7 Å². The third kappa shape index (κ3) is 17.1. The van der Waals surface area contributed by atoms with E-state index < -0.39 is 26.4 Å². The minimum atomic E-state index is -2.23. The Bertz CT molecular complexity index is 1140. The van der Waals surface area contributed by atoms with Crippen LogP contribution in [0.3, 0.4) is 0 Å². The molecule has 0 radical (unpaired) electrons. The number of likely N-dealkylation sites (N-methyl/N-ethyl adjacent to an activating group) is 1. The van der Waals surface area contributed by atoms with Crippen LogP contribution in [0.2, 0.25) is 18.1 Å². The Balaban J connectivity index is 3.59. The van der Waals surface area contributed by atoms with Crippen LogP contribution in [0.15, 0.2) is 48.1 Å². The SMILES string of the molecule is COC[C@@H](C(=O)O[C@@H]1C/C=C/C=C/C(=O)OCC/C=C/[C@H](OC)C[C@H](C)C/C=C(\C)[C@@H](OC)CC[C@@H](C)[C@@H](O[Si](C)(C)C(C)(C)C)[C@@H]1C)N(C)C. The van der Waals surface area contributed by atoms with Gasteiger partial charge in [-0.05, 0) is 88.7 Å². The van der Waals surface area contributed by atoms with Gasteiger partial charge >= 0.3 is 11.9 Å². The summed E-state index contributed by atoms with van der Waals surface area (Å²) >= 11 is 0. The summed E-state index contributed by atoms with van der Waals surface area (Å²) in [6.07, 6.45) is 17.1. The zero-order valence-electron chi connectivity index (χ0n) is 34.5. The molecule has 1 rings (SSSR count). The second-order valence-electron chi connectivity index (χ2n) is 16.1. The summed E-state index contributed by atoms with van der Waals surface area (Å²) in [5, 5.41) is -0.00613. The molecule has 51 heavy (non-hydrogen) atoms. The van der Waals surface area contributed by atoms with Crippen LogP contribution in [0, 0.1) is 17.8 Å². The van der Waals surface area contributed by atoms with Gasteiger partial charge in [-0.3, -0.25) is 9.69 Å². The highest BCUT2D eigenvalue weighted by Gasteiger charge is 2.43. The highest BCUT2D eigenvalue weighted by molar-refractivity contribution is 6.74. The Morgan fingerprint density at radius 1 is 1.02 bits per heavy atom. The van der Waals surface area contributed by atoms with Crippen LogP contribution in [0.25, 0.3) is 0 Å². The first kappa shape index (κ1) is 46.9. The molecule has 0 aromatic heterocycles. The van der Waals surface area contributed by atoms with Crippen molar-refractivity contribution in [3.63, 3.8) is 0 Å². The van der Waals surface area contributed by atoms with Crippen molar-refractivity contribution in [1.29, 1.82) is 0 Å². The summed E-state index contributed by atoms with van der Waals surface area (Å²) in [4.78, 5) is 27.8. The third-order valence-electron chi connectivity index (χ3n) is 10.6. The zero-order valence-corrected chi connectivity index (χ0v) is 35.5. The Morgan fingerprint density at radius 3 is 2.29 bits per heavy atom. The van der Waals surface area contributed by atoms with Crippen molar-refractivity contribution in [3.05, 3.63) is 48.1 Å². The fourth-order valence-corrected chi connectivity index (χ4v) is 7.46. The van der Waals surface area contributed by atoms with Gasteiger partial charge in [-0.1, -0.05) is 78.0 Å². The van der Waals surface area contributed by atoms with Gasteiger partial charge in [0.05, 0.1) is 31.5 Å². The van der Waals surface area contributed by atoms with Gasteiger partial charge in [-0.25, -0.2) is 4.79 Å². The minimum Gasteiger partial charge on any atom is -0.462 e. The van der Waals surface area contributed by atoms with Crippen molar-refractivity contribution in [2.75, 3.05) is 48.6 Å². The first-order valence-corrected chi connectivity index (χ1v) is 21.7. The molecule has 0 unspecified atom stereocenters. The van der Waals surface area contributed by atoms with Gasteiger partial charge in [-0.2, -0.15) is 0 Å². The molecule has 0 aromatic carbocycles. The molecule has 9 nitrogen and oxygen atoms in total. The molecule has 294 valence electrons. The van der Waals surface area contributed by atoms with Crippen molar-refractivity contribution >= 4 is 20.3 Å². The maximum absolute atomic E-state index is 13.6. The molecule has 0 saturated heterocycles. The van der Waals surface area contributed by atoms with Crippen molar-refractivity contribution in [2.45, 2.75) is 136 Å². The zero-order chi connectivity index (χ0) is 38.8. The normalized spacial score (nSPS) is 31.0. The van der Waals surface area contributed by atoms with E-state index in [1.165, 1.54) is 11.6 Å². The van der Waals surface area contributed by atoms with E-state index in [1.807, 2.05) is 37.2 Å². The van der Waals surface area contributed by atoms with E-state index in [-0.39, 0.29) is 54.4 Å². The van der Waals surface area contributed by atoms with Gasteiger partial charge in [0.25, 0.3) is 0 Å². The number of esters is 2. The molecule has 0 fully saturated rings. The molecule has 10 heteroatoms. The molecule has 1 heterocycles. The van der Waals surface area contributed by atoms with E-state index in [4.69, 9.17) is 28.1 Å². The van der Waals surface area contributed by atoms with Gasteiger partial charge in [0, 0.05) is 39.7 Å². The van der Waals surface area contributed by atoms with E-state index in [1.54, 1.807) is 27.4 Å². The number of carbonyl (C=O) groups is 2. The maximum atomic E-state index is 13.6. The lowest BCUT2D eigenvalue weighted by atomic mass is 9.84. The van der Waals surface area contributed by atoms with E-state index in [0.29, 0.717) is 18.8 Å². The van der Waals surface area contributed by atoms with Crippen molar-refractivity contribution < 1.29 is 37.7 Å². The largest absolute Gasteiger partial charge is 0.462 e. The summed E-state index contributed by atoms with van der Waals surface area (Å²) in [5.74, 6) is -0.309. The maximum Gasteiger partial charge on any atom is 0.330 e. The van der Waals surface area contributed by atoms with Crippen molar-refractivity contribution in [3.8, 4) is 0 Å². The number of hydrogen-bond acceptors (Lipinski definition) is 9. The second kappa shape index (κ2) is 23.6. The molecule has 0 saturated carbocycles. The van der Waals surface area contributed by atoms with Crippen LogP contribution in [-0.4, -0.2) is 104 Å². The van der Waals surface area contributed by atoms with Gasteiger partial charge in [0.15, 0.2) is 8.32 Å². The predicted molar refractivity (Wildman–Crippen MR) is 210 cm³/mol. The van der Waals surface area contributed by atoms with Gasteiger partial charge in [0.1, 0.15) is 12.1 Å². The molecule has 1 aliphatic rings. The lowest BCUT2D eigenvalue weighted by Crippen LogP contribution is -2.50. The molecule has 0 bridgehead atoms. The number of rotatable bonds is 9. The number of ether oxygens (including phenoxy) is 5. The molecule has 1 aliphatic heterocycles. The number of allylic oxidation sites excluding steroid dienone is 3. The molecule has 0 amide bonds. The summed E-state index contributed by atoms with van der Waals surface area (Å²) in [6, 6.07) is -0.545. The number of carbonyl (C=O) groups excluding carboxylic acids is 2. The van der Waals surface area contributed by atoms with Crippen LogP contribution in [-0.2, 0) is 37.7 Å². The van der Waals surface area contributed by atoms with Crippen molar-refractivity contribution in [1.82, 2.24) is 4.90 Å². The topological polar surface area (TPSA) is 92.8 Å². The van der Waals surface area contributed by atoms with Gasteiger partial charge in [0.2, 0.25) is 0 Å². The number of nitrogens with zero attached hydrogens (tertiary/aromatic N) is 1. The monoisotopic (exact) mass is 736 g/mol. The average Bonchev–Trinajstić information content (AvgIpc) is 3.05. The second-order valence-corrected chi connectivity index (χ2v) is 20.9. The van der Waals surface area contributed by atoms with Crippen LogP contribution >= 0.6 is 0 Å². The van der Waals surface area contributed by atoms with E-state index in [2.05, 4.69) is 73.7 Å². The number of cyclic esters (lactones) is 1. The first-order valence-electron chi connectivity index (χ1n) is 18.8. The van der Waals surface area contributed by atoms with E-state index >= 15 is 0 Å². The third-order valence-corrected chi connectivity index (χ3v) is 15.0. The quantitative estimate of drug-likeness (QED) is 0.132. The Hall–Kier alpha value is -2.08. The summed E-state index contributed by atoms with van der Waals surface area (Å²) < 4.78 is 36.1. The lowest BCUT2D eigenvalue weighted by Gasteiger charge is -2.44. The van der Waals surface area contributed by atoms with Gasteiger partial charge in [-0.15, -0.1) is 0 Å². The molecule has 0 N–H and O–H groups in total. The Labute approximate surface area is 312 Å². The smallest absolute Gasteiger partial charge is 0.330 e. The predicted octanol–water partition coefficient (Wildman–Crippen LogP) is 8.32. The van der Waals surface area contributed by atoms with Crippen LogP contribution < -0.4 is 0 Å². The number of methoxy groups -OCH3 is 3. The molecule has 0 aromatic rings. The Kier molecular flexibility index (Phi) is 21.7. The van der Waals surface area contributed by atoms with Crippen LogP contribution in [0.4, 0.5) is 0 Å². The molecule has 0 aliphatic carbocycles. The summed E-state index contributed by atoms with van der Waals surface area (Å²) in [6.45, 7) is 20.6. The number of hydrogen-bond donors (Lipinski definition) is 0. The van der Waals surface area contributed by atoms with E-state index in [9.17, 15) is 9.59 Å². The average molecular weight is 736 g/mol. The molecule has 8 atom stereocenters. The molecular weight excluding hydrogens is 663 g/mol. The summed E-state index contributed by atoms with van der Waals surface area (Å²) in [7, 11) is 6.57. The fourth-order valence-electron chi connectivity index (χ4n) is 5.98. The first-order chi connectivity index (χ1) is 23.9. The minimum absolute atomic E-state index is 0.00396. The molecule has 0 spiro atoms. The fraction of sp³-hybridized carbons (Fsp3) is 0.756. The standard InChI is InChI=1S/C41H73NO8Si/c1-30-23-24-31(2)36(47-12)26-25-32(3)39(50-51(13,14)41(5,6)7)33(4)37(49-40(44)35(29-45-10)42(8)9)21-16-15-17-22-38(43)48-27-19-18-20-34(28-30)46-11/h15-18,20,22,24,30,32-37,39H,19,21,23,25-29H2,1-14H3/b16-15+,20-18+,22-17+,31-24+/t30-,32-,33-,34+,35+,36+,37-,39-/m1/s1. The highest BCUT2D eigenvalue weighted by atomic mass is 28.4. The lowest BCUT2D eigenvalue weighted by molar-refractivity contribution is -0.161.